The fraction of sp³-hybridized carbons (Fsp3) is 0.0833. The van der Waals surface area contributed by atoms with Crippen molar-refractivity contribution in [2.24, 2.45) is 5.84 Å². The van der Waals surface area contributed by atoms with E-state index in [9.17, 15) is 8.78 Å². The second-order valence-electron chi connectivity index (χ2n) is 3.99. The predicted molar refractivity (Wildman–Crippen MR) is 76.9 cm³/mol. The number of hydrazine groups is 1. The third-order valence-corrected chi connectivity index (χ3v) is 3.78. The number of nitrogens with two attached hydrogens (primary N) is 2. The van der Waals surface area contributed by atoms with Gasteiger partial charge < -0.3 is 5.73 Å². The molecule has 4 nitrogen and oxygen atoms in total. The fourth-order valence-electron chi connectivity index (χ4n) is 1.81. The number of nitrogens with one attached hydrogen (secondary N) is 1. The zero-order valence-electron chi connectivity index (χ0n) is 10.0. The maximum atomic E-state index is 13.6. The van der Waals surface area contributed by atoms with E-state index in [1.165, 1.54) is 12.3 Å². The smallest absolute Gasteiger partial charge is 0.173 e. The van der Waals surface area contributed by atoms with E-state index in [1.807, 2.05) is 0 Å². The van der Waals surface area contributed by atoms with Crippen LogP contribution in [0.4, 0.5) is 14.6 Å². The van der Waals surface area contributed by atoms with Gasteiger partial charge in [0.05, 0.1) is 15.5 Å². The minimum Gasteiger partial charge on any atom is -0.383 e. The molecule has 106 valence electrons. The molecule has 5 N–H and O–H groups in total. The monoisotopic (exact) mass is 362 g/mol. The molecule has 0 radical (unpaired) electrons. The number of aromatic nitrogens is 1. The summed E-state index contributed by atoms with van der Waals surface area (Å²) < 4.78 is 26.7. The Balaban J connectivity index is 2.58. The average molecular weight is 364 g/mol. The van der Waals surface area contributed by atoms with Gasteiger partial charge in [0.15, 0.2) is 11.6 Å². The molecule has 0 aliphatic rings. The number of nitrogens with zero attached hydrogens (tertiary/aromatic N) is 1. The fourth-order valence-corrected chi connectivity index (χ4v) is 2.52. The van der Waals surface area contributed by atoms with Crippen molar-refractivity contribution in [1.29, 1.82) is 0 Å². The molecule has 2 aromatic rings. The summed E-state index contributed by atoms with van der Waals surface area (Å²) in [5.41, 5.74) is 9.11. The van der Waals surface area contributed by atoms with Crippen LogP contribution in [0.3, 0.4) is 0 Å². The number of benzene rings is 1. The third-order valence-electron chi connectivity index (χ3n) is 2.77. The molecule has 0 saturated carbocycles. The maximum Gasteiger partial charge on any atom is 0.173 e. The molecule has 1 aromatic heterocycles. The van der Waals surface area contributed by atoms with Crippen LogP contribution in [0.1, 0.15) is 17.2 Å². The first-order chi connectivity index (χ1) is 9.45. The molecule has 20 heavy (non-hydrogen) atoms. The molecule has 0 aliphatic heterocycles. The van der Waals surface area contributed by atoms with Gasteiger partial charge in [-0.3, -0.25) is 5.84 Å². The number of anilines is 1. The van der Waals surface area contributed by atoms with Crippen LogP contribution in [0.2, 0.25) is 5.02 Å². The summed E-state index contributed by atoms with van der Waals surface area (Å²) in [4.78, 5) is 3.91. The molecule has 2 rings (SSSR count). The summed E-state index contributed by atoms with van der Waals surface area (Å²) in [6.07, 6.45) is 1.38. The number of halogens is 4. The van der Waals surface area contributed by atoms with E-state index < -0.39 is 17.7 Å². The molecule has 1 heterocycles. The van der Waals surface area contributed by atoms with Crippen LogP contribution in [0.5, 0.6) is 0 Å². The molecule has 1 unspecified atom stereocenters. The lowest BCUT2D eigenvalue weighted by Gasteiger charge is -2.20. The lowest BCUT2D eigenvalue weighted by molar-refractivity contribution is 0.498. The Morgan fingerprint density at radius 2 is 2.00 bits per heavy atom. The molecule has 0 aliphatic carbocycles. The van der Waals surface area contributed by atoms with Gasteiger partial charge in [-0.25, -0.2) is 19.2 Å². The quantitative estimate of drug-likeness (QED) is 0.445. The highest BCUT2D eigenvalue weighted by atomic mass is 79.9. The van der Waals surface area contributed by atoms with Gasteiger partial charge >= 0.3 is 0 Å². The first kappa shape index (κ1) is 15.1. The van der Waals surface area contributed by atoms with Crippen molar-refractivity contribution >= 4 is 33.3 Å². The number of hydrogen-bond acceptors (Lipinski definition) is 4. The maximum absolute atomic E-state index is 13.6. The topological polar surface area (TPSA) is 77.0 Å². The third kappa shape index (κ3) is 2.76. The van der Waals surface area contributed by atoms with Crippen molar-refractivity contribution in [3.05, 3.63) is 56.7 Å². The van der Waals surface area contributed by atoms with Crippen molar-refractivity contribution < 1.29 is 8.78 Å². The lowest BCUT2D eigenvalue weighted by atomic mass is 9.99. The van der Waals surface area contributed by atoms with E-state index in [1.54, 1.807) is 6.07 Å². The molecule has 0 bridgehead atoms. The van der Waals surface area contributed by atoms with Crippen LogP contribution in [-0.2, 0) is 0 Å². The Morgan fingerprint density at radius 3 is 2.65 bits per heavy atom. The Hall–Kier alpha value is -1.28. The molecule has 0 fully saturated rings. The van der Waals surface area contributed by atoms with Gasteiger partial charge in [0.1, 0.15) is 5.82 Å². The minimum atomic E-state index is -1.00. The number of rotatable bonds is 3. The van der Waals surface area contributed by atoms with E-state index in [0.29, 0.717) is 16.1 Å². The summed E-state index contributed by atoms with van der Waals surface area (Å²) in [6.45, 7) is 0. The van der Waals surface area contributed by atoms with Gasteiger partial charge in [0, 0.05) is 11.8 Å². The number of hydrogen-bond donors (Lipinski definition) is 3. The van der Waals surface area contributed by atoms with Crippen molar-refractivity contribution in [2.75, 3.05) is 5.73 Å². The Morgan fingerprint density at radius 1 is 1.30 bits per heavy atom. The van der Waals surface area contributed by atoms with E-state index in [2.05, 4.69) is 26.3 Å². The van der Waals surface area contributed by atoms with Gasteiger partial charge in [-0.2, -0.15) is 0 Å². The number of nitrogen functional groups attached to an aromatic ring is 1. The van der Waals surface area contributed by atoms with Crippen molar-refractivity contribution in [3.63, 3.8) is 0 Å². The molecular weight excluding hydrogens is 354 g/mol. The Labute approximate surface area is 127 Å². The molecule has 0 amide bonds. The van der Waals surface area contributed by atoms with Crippen LogP contribution in [0.15, 0.2) is 28.9 Å². The molecule has 1 aromatic carbocycles. The van der Waals surface area contributed by atoms with Gasteiger partial charge in [0.25, 0.3) is 0 Å². The summed E-state index contributed by atoms with van der Waals surface area (Å²) >= 11 is 8.88. The van der Waals surface area contributed by atoms with Gasteiger partial charge in [-0.05, 0) is 33.6 Å². The Kier molecular flexibility index (Phi) is 4.54. The highest BCUT2D eigenvalue weighted by molar-refractivity contribution is 9.10. The van der Waals surface area contributed by atoms with Crippen molar-refractivity contribution in [2.45, 2.75) is 6.04 Å². The highest BCUT2D eigenvalue weighted by Crippen LogP contribution is 2.33. The van der Waals surface area contributed by atoms with Crippen LogP contribution in [0.25, 0.3) is 0 Å². The highest BCUT2D eigenvalue weighted by Gasteiger charge is 2.22. The van der Waals surface area contributed by atoms with E-state index in [-0.39, 0.29) is 10.3 Å². The minimum absolute atomic E-state index is 0.0418. The standard InChI is InChI=1S/C12H10BrClF2N4/c13-9-6(1-2-8(15)10(9)16)11(20-18)7-3-5(14)4-19-12(7)17/h1-4,11,20H,18H2,(H2,17,19). The van der Waals surface area contributed by atoms with Crippen LogP contribution >= 0.6 is 27.5 Å². The first-order valence-corrected chi connectivity index (χ1v) is 6.63. The van der Waals surface area contributed by atoms with Gasteiger partial charge in [0.2, 0.25) is 0 Å². The Bertz CT molecular complexity index is 654. The summed E-state index contributed by atoms with van der Waals surface area (Å²) in [7, 11) is 0. The summed E-state index contributed by atoms with van der Waals surface area (Å²) in [5, 5.41) is 0.355. The predicted octanol–water partition coefficient (Wildman–Crippen LogP) is 2.91. The molecule has 0 saturated heterocycles. The zero-order chi connectivity index (χ0) is 14.9. The lowest BCUT2D eigenvalue weighted by Crippen LogP contribution is -2.30. The van der Waals surface area contributed by atoms with Gasteiger partial charge in [-0.15, -0.1) is 0 Å². The van der Waals surface area contributed by atoms with Gasteiger partial charge in [-0.1, -0.05) is 17.7 Å². The summed E-state index contributed by atoms with van der Waals surface area (Å²) in [6, 6.07) is 3.27. The first-order valence-electron chi connectivity index (χ1n) is 5.46. The number of pyridine rings is 1. The van der Waals surface area contributed by atoms with Crippen LogP contribution < -0.4 is 17.0 Å². The molecule has 0 spiro atoms. The second kappa shape index (κ2) is 6.01. The van der Waals surface area contributed by atoms with E-state index >= 15 is 0 Å². The van der Waals surface area contributed by atoms with Crippen molar-refractivity contribution in [3.8, 4) is 0 Å². The molecule has 8 heteroatoms. The van der Waals surface area contributed by atoms with Crippen LogP contribution in [0, 0.1) is 11.6 Å². The SMILES string of the molecule is NNC(c1cc(Cl)cnc1N)c1ccc(F)c(F)c1Br. The second-order valence-corrected chi connectivity index (χ2v) is 5.22. The molecule has 1 atom stereocenters. The average Bonchev–Trinajstić information content (AvgIpc) is 2.43. The normalized spacial score (nSPS) is 12.4. The van der Waals surface area contributed by atoms with E-state index in [4.69, 9.17) is 23.2 Å². The molecular formula is C12H10BrClF2N4. The largest absolute Gasteiger partial charge is 0.383 e. The van der Waals surface area contributed by atoms with Crippen molar-refractivity contribution in [1.82, 2.24) is 10.4 Å². The zero-order valence-corrected chi connectivity index (χ0v) is 12.3. The van der Waals surface area contributed by atoms with Crippen LogP contribution in [-0.4, -0.2) is 4.98 Å². The summed E-state index contributed by atoms with van der Waals surface area (Å²) in [5.74, 6) is 3.72. The van der Waals surface area contributed by atoms with E-state index in [0.717, 1.165) is 6.07 Å².